The first-order chi connectivity index (χ1) is 10.8. The molecule has 0 spiro atoms. The van der Waals surface area contributed by atoms with Crippen LogP contribution in [0, 0.1) is 0 Å². The van der Waals surface area contributed by atoms with E-state index in [0.717, 1.165) is 0 Å². The van der Waals surface area contributed by atoms with E-state index in [-0.39, 0.29) is 0 Å². The van der Waals surface area contributed by atoms with Crippen LogP contribution in [0.5, 0.6) is 0 Å². The largest absolute Gasteiger partial charge is 0.462 e. The zero-order valence-corrected chi connectivity index (χ0v) is 13.0. The number of amides is 4. The minimum atomic E-state index is -1.69. The lowest BCUT2D eigenvalue weighted by Gasteiger charge is -2.21. The molecule has 0 atom stereocenters. The molecule has 0 bridgehead atoms. The van der Waals surface area contributed by atoms with Crippen molar-refractivity contribution in [2.24, 2.45) is 30.7 Å². The molecule has 0 aliphatic carbocycles. The zero-order chi connectivity index (χ0) is 19.0. The van der Waals surface area contributed by atoms with Gasteiger partial charge in [-0.1, -0.05) is 20.5 Å². The molecular formula is C10H14N6O8. The first-order valence-electron chi connectivity index (χ1n) is 6.02. The molecule has 0 unspecified atom stereocenters. The first kappa shape index (κ1) is 20.7. The monoisotopic (exact) mass is 346 g/mol. The van der Waals surface area contributed by atoms with Gasteiger partial charge in [0.1, 0.15) is 0 Å². The van der Waals surface area contributed by atoms with Crippen LogP contribution in [0.25, 0.3) is 0 Å². The second kappa shape index (κ2) is 8.35. The number of hydrogen-bond donors (Lipinski definition) is 2. The third-order valence-corrected chi connectivity index (χ3v) is 1.64. The van der Waals surface area contributed by atoms with Gasteiger partial charge in [-0.2, -0.15) is 0 Å². The van der Waals surface area contributed by atoms with Gasteiger partial charge in [0.25, 0.3) is 0 Å². The lowest BCUT2D eigenvalue weighted by atomic mass is 10.3. The molecule has 0 saturated carbocycles. The van der Waals surface area contributed by atoms with Gasteiger partial charge < -0.3 is 19.7 Å². The standard InChI is InChI=1S/C10H14N6O8/c1-9(2,23-7(21)13-11-5(17)18)15-16-10(3,4)24-8(22)14-12-6(19)20/h1-4H3,(H,17,18)(H,19,20). The van der Waals surface area contributed by atoms with Gasteiger partial charge in [-0.15, -0.1) is 10.2 Å². The van der Waals surface area contributed by atoms with Gasteiger partial charge in [0.05, 0.1) is 0 Å². The van der Waals surface area contributed by atoms with Gasteiger partial charge in [0.15, 0.2) is 0 Å². The van der Waals surface area contributed by atoms with Gasteiger partial charge in [0, 0.05) is 0 Å². The van der Waals surface area contributed by atoms with E-state index in [0.29, 0.717) is 0 Å². The molecular weight excluding hydrogens is 332 g/mol. The maximum atomic E-state index is 11.2. The summed E-state index contributed by atoms with van der Waals surface area (Å²) in [7, 11) is 0. The summed E-state index contributed by atoms with van der Waals surface area (Å²) in [6.07, 6.45) is -6.03. The lowest BCUT2D eigenvalue weighted by molar-refractivity contribution is 0.0169. The number of carbonyl (C=O) groups excluding carboxylic acids is 2. The molecule has 0 saturated heterocycles. The maximum Gasteiger partial charge on any atom is 0.454 e. The van der Waals surface area contributed by atoms with Crippen LogP contribution < -0.4 is 0 Å². The summed E-state index contributed by atoms with van der Waals surface area (Å²) in [6.45, 7) is 5.14. The molecule has 0 heterocycles. The minimum Gasteiger partial charge on any atom is -0.462 e. The van der Waals surface area contributed by atoms with Gasteiger partial charge >= 0.3 is 24.4 Å². The van der Waals surface area contributed by atoms with Crippen molar-refractivity contribution in [1.82, 2.24) is 0 Å². The van der Waals surface area contributed by atoms with Crippen molar-refractivity contribution < 1.29 is 38.9 Å². The van der Waals surface area contributed by atoms with Crippen LogP contribution in [0.2, 0.25) is 0 Å². The second-order valence-corrected chi connectivity index (χ2v) is 4.79. The fourth-order valence-corrected chi connectivity index (χ4v) is 0.917. The minimum absolute atomic E-state index is 1.28. The Balaban J connectivity index is 4.81. The first-order valence-corrected chi connectivity index (χ1v) is 6.02. The SMILES string of the molecule is CC(C)(N=NC(C)(C)OC(=O)N=NC(=O)O)OC(=O)N=NC(=O)O. The third-order valence-electron chi connectivity index (χ3n) is 1.64. The second-order valence-electron chi connectivity index (χ2n) is 4.79. The molecule has 14 heteroatoms. The number of ether oxygens (including phenoxy) is 2. The topological polar surface area (TPSA) is 201 Å². The molecule has 24 heavy (non-hydrogen) atoms. The van der Waals surface area contributed by atoms with Gasteiger partial charge in [-0.05, 0) is 27.7 Å². The van der Waals surface area contributed by atoms with Crippen molar-refractivity contribution in [3.8, 4) is 0 Å². The maximum absolute atomic E-state index is 11.2. The van der Waals surface area contributed by atoms with E-state index in [4.69, 9.17) is 10.2 Å². The fourth-order valence-electron chi connectivity index (χ4n) is 0.917. The Kier molecular flexibility index (Phi) is 7.19. The van der Waals surface area contributed by atoms with Crippen LogP contribution in [0.3, 0.4) is 0 Å². The average molecular weight is 346 g/mol. The summed E-state index contributed by atoms with van der Waals surface area (Å²) in [5.74, 6) is 0. The summed E-state index contributed by atoms with van der Waals surface area (Å²) in [6, 6.07) is 0. The average Bonchev–Trinajstić information content (AvgIpc) is 2.40. The summed E-state index contributed by atoms with van der Waals surface area (Å²) in [4.78, 5) is 42.6. The van der Waals surface area contributed by atoms with Gasteiger partial charge in [0.2, 0.25) is 11.4 Å². The smallest absolute Gasteiger partial charge is 0.454 e. The zero-order valence-electron chi connectivity index (χ0n) is 13.0. The normalized spacial score (nSPS) is 12.7. The molecule has 0 aliphatic rings. The van der Waals surface area contributed by atoms with Crippen LogP contribution in [-0.4, -0.2) is 46.0 Å². The van der Waals surface area contributed by atoms with E-state index in [1.807, 2.05) is 0 Å². The summed E-state index contributed by atoms with van der Waals surface area (Å²) < 4.78 is 9.37. The quantitative estimate of drug-likeness (QED) is 0.719. The molecule has 0 rings (SSSR count). The highest BCUT2D eigenvalue weighted by molar-refractivity contribution is 5.72. The number of carboxylic acid groups (broad SMARTS) is 2. The molecule has 0 aliphatic heterocycles. The Bertz CT molecular complexity index is 556. The fraction of sp³-hybridized carbons (Fsp3) is 0.600. The Morgan fingerprint density at radius 2 is 0.958 bits per heavy atom. The highest BCUT2D eigenvalue weighted by atomic mass is 16.6. The molecule has 0 aromatic heterocycles. The molecule has 0 radical (unpaired) electrons. The Labute approximate surface area is 134 Å². The number of carbonyl (C=O) groups is 4. The van der Waals surface area contributed by atoms with E-state index in [2.05, 4.69) is 40.2 Å². The van der Waals surface area contributed by atoms with E-state index in [9.17, 15) is 19.2 Å². The lowest BCUT2D eigenvalue weighted by Crippen LogP contribution is -2.28. The van der Waals surface area contributed by atoms with Crippen LogP contribution >= 0.6 is 0 Å². The number of rotatable bonds is 4. The van der Waals surface area contributed by atoms with Crippen molar-refractivity contribution in [3.05, 3.63) is 0 Å². The predicted octanol–water partition coefficient (Wildman–Crippen LogP) is 3.44. The van der Waals surface area contributed by atoms with Crippen molar-refractivity contribution in [3.63, 3.8) is 0 Å². The van der Waals surface area contributed by atoms with Crippen molar-refractivity contribution >= 4 is 24.4 Å². The number of hydrogen-bond acceptors (Lipinski definition) is 8. The summed E-state index contributed by atoms with van der Waals surface area (Å²) in [5.41, 5.74) is -3.16. The Morgan fingerprint density at radius 3 is 1.21 bits per heavy atom. The number of azo groups is 3. The Morgan fingerprint density at radius 1 is 0.667 bits per heavy atom. The number of nitrogens with zero attached hydrogens (tertiary/aromatic N) is 6. The van der Waals surface area contributed by atoms with E-state index in [1.165, 1.54) is 27.7 Å². The molecule has 14 nitrogen and oxygen atoms in total. The van der Waals surface area contributed by atoms with Crippen molar-refractivity contribution in [1.29, 1.82) is 0 Å². The summed E-state index contributed by atoms with van der Waals surface area (Å²) in [5, 5.41) is 34.2. The third kappa shape index (κ3) is 10.4. The highest BCUT2D eigenvalue weighted by Gasteiger charge is 2.27. The highest BCUT2D eigenvalue weighted by Crippen LogP contribution is 2.19. The van der Waals surface area contributed by atoms with Crippen LogP contribution in [-0.2, 0) is 9.47 Å². The molecule has 0 fully saturated rings. The van der Waals surface area contributed by atoms with Gasteiger partial charge in [-0.3, -0.25) is 0 Å². The molecule has 132 valence electrons. The van der Waals surface area contributed by atoms with Crippen LogP contribution in [0.15, 0.2) is 30.7 Å². The predicted molar refractivity (Wildman–Crippen MR) is 71.7 cm³/mol. The molecule has 2 N–H and O–H groups in total. The van der Waals surface area contributed by atoms with Crippen molar-refractivity contribution in [2.45, 2.75) is 39.1 Å². The molecule has 0 aromatic carbocycles. The van der Waals surface area contributed by atoms with E-state index in [1.54, 1.807) is 0 Å². The van der Waals surface area contributed by atoms with Gasteiger partial charge in [-0.25, -0.2) is 19.2 Å². The molecule has 0 aromatic rings. The Hall–Kier alpha value is -3.32. The van der Waals surface area contributed by atoms with Crippen LogP contribution in [0.4, 0.5) is 19.2 Å². The van der Waals surface area contributed by atoms with E-state index < -0.39 is 35.8 Å². The van der Waals surface area contributed by atoms with E-state index >= 15 is 0 Å². The van der Waals surface area contributed by atoms with Crippen molar-refractivity contribution in [2.75, 3.05) is 0 Å². The molecule has 4 amide bonds. The van der Waals surface area contributed by atoms with Crippen LogP contribution in [0.1, 0.15) is 27.7 Å². The summed E-state index contributed by atoms with van der Waals surface area (Å²) >= 11 is 0.